The van der Waals surface area contributed by atoms with Crippen LogP contribution in [-0.2, 0) is 5.60 Å². The number of imidazole rings is 1. The number of nitrogens with zero attached hydrogens (tertiary/aromatic N) is 2. The van der Waals surface area contributed by atoms with E-state index in [-0.39, 0.29) is 0 Å². The molecule has 0 amide bonds. The first-order valence-electron chi connectivity index (χ1n) is 8.90. The second kappa shape index (κ2) is 6.56. The van der Waals surface area contributed by atoms with E-state index in [1.807, 2.05) is 60.9 Å². The molecule has 0 aliphatic carbocycles. The fraction of sp³-hybridized carbons (Fsp3) is 0.174. The molecule has 4 heteroatoms. The lowest BCUT2D eigenvalue weighted by Gasteiger charge is -2.18. The molecule has 1 aromatic heterocycles. The van der Waals surface area contributed by atoms with Gasteiger partial charge in [0.15, 0.2) is 0 Å². The van der Waals surface area contributed by atoms with Gasteiger partial charge >= 0.3 is 0 Å². The molecule has 0 unspecified atom stereocenters. The van der Waals surface area contributed by atoms with Crippen LogP contribution in [0.15, 0.2) is 73.1 Å². The molecule has 3 aromatic carbocycles. The van der Waals surface area contributed by atoms with Gasteiger partial charge in [-0.2, -0.15) is 0 Å². The van der Waals surface area contributed by atoms with Crippen molar-refractivity contribution in [2.45, 2.75) is 19.4 Å². The quantitative estimate of drug-likeness (QED) is 0.563. The van der Waals surface area contributed by atoms with Crippen LogP contribution < -0.4 is 4.74 Å². The summed E-state index contributed by atoms with van der Waals surface area (Å²) in [5.74, 6) is 0.813. The number of rotatable bonds is 4. The summed E-state index contributed by atoms with van der Waals surface area (Å²) in [6, 6.07) is 22.2. The lowest BCUT2D eigenvalue weighted by Crippen LogP contribution is -2.14. The van der Waals surface area contributed by atoms with E-state index in [1.165, 1.54) is 0 Å². The zero-order valence-corrected chi connectivity index (χ0v) is 15.7. The highest BCUT2D eigenvalue weighted by Crippen LogP contribution is 2.28. The molecule has 4 aromatic rings. The molecule has 1 N–H and O–H groups in total. The zero-order valence-electron chi connectivity index (χ0n) is 15.7. The van der Waals surface area contributed by atoms with Crippen LogP contribution in [0.1, 0.15) is 19.4 Å². The lowest BCUT2D eigenvalue weighted by atomic mass is 9.95. The molecule has 0 spiro atoms. The molecule has 0 radical (unpaired) electrons. The van der Waals surface area contributed by atoms with Crippen molar-refractivity contribution in [3.05, 3.63) is 78.6 Å². The Morgan fingerprint density at radius 2 is 1.67 bits per heavy atom. The lowest BCUT2D eigenvalue weighted by molar-refractivity contribution is 0.0786. The van der Waals surface area contributed by atoms with Gasteiger partial charge in [0.05, 0.1) is 29.4 Å². The third-order valence-corrected chi connectivity index (χ3v) is 4.80. The first-order chi connectivity index (χ1) is 13.0. The van der Waals surface area contributed by atoms with Gasteiger partial charge in [0.2, 0.25) is 0 Å². The maximum absolute atomic E-state index is 10.1. The molecule has 0 aliphatic heterocycles. The van der Waals surface area contributed by atoms with Crippen molar-refractivity contribution in [1.82, 2.24) is 9.55 Å². The number of hydrogen-bond acceptors (Lipinski definition) is 3. The average molecular weight is 358 g/mol. The summed E-state index contributed by atoms with van der Waals surface area (Å²) in [5.41, 5.74) is 5.24. The highest BCUT2D eigenvalue weighted by molar-refractivity contribution is 5.83. The van der Waals surface area contributed by atoms with Gasteiger partial charge in [-0.15, -0.1) is 0 Å². The molecular formula is C23H22N2O2. The molecule has 4 nitrogen and oxygen atoms in total. The van der Waals surface area contributed by atoms with Gasteiger partial charge in [-0.3, -0.25) is 4.57 Å². The second-order valence-electron chi connectivity index (χ2n) is 7.16. The summed E-state index contributed by atoms with van der Waals surface area (Å²) in [5, 5.41) is 10.1. The van der Waals surface area contributed by atoms with Gasteiger partial charge in [-0.1, -0.05) is 36.4 Å². The Morgan fingerprint density at radius 3 is 2.37 bits per heavy atom. The monoisotopic (exact) mass is 358 g/mol. The first kappa shape index (κ1) is 17.3. The van der Waals surface area contributed by atoms with Crippen molar-refractivity contribution in [3.8, 4) is 22.6 Å². The molecule has 4 rings (SSSR count). The molecule has 0 bridgehead atoms. The predicted octanol–water partition coefficient (Wildman–Crippen LogP) is 4.93. The normalized spacial score (nSPS) is 11.7. The van der Waals surface area contributed by atoms with E-state index in [9.17, 15) is 5.11 Å². The van der Waals surface area contributed by atoms with Gasteiger partial charge in [-0.05, 0) is 54.8 Å². The highest BCUT2D eigenvalue weighted by Gasteiger charge is 2.15. The topological polar surface area (TPSA) is 47.3 Å². The Hall–Kier alpha value is -3.11. The van der Waals surface area contributed by atoms with E-state index >= 15 is 0 Å². The van der Waals surface area contributed by atoms with Crippen LogP contribution in [0.2, 0.25) is 0 Å². The summed E-state index contributed by atoms with van der Waals surface area (Å²) < 4.78 is 7.40. The SMILES string of the molecule is COc1cccc(-n2cnc3ccc(-c4ccc(C(C)(C)O)cc4)cc32)c1. The molecule has 0 fully saturated rings. The maximum atomic E-state index is 10.1. The van der Waals surface area contributed by atoms with Gasteiger partial charge < -0.3 is 9.84 Å². The summed E-state index contributed by atoms with van der Waals surface area (Å²) in [7, 11) is 1.67. The summed E-state index contributed by atoms with van der Waals surface area (Å²) >= 11 is 0. The number of methoxy groups -OCH3 is 1. The largest absolute Gasteiger partial charge is 0.497 e. The van der Waals surface area contributed by atoms with Gasteiger partial charge in [0.25, 0.3) is 0 Å². The van der Waals surface area contributed by atoms with Crippen LogP contribution in [0, 0.1) is 0 Å². The van der Waals surface area contributed by atoms with E-state index in [2.05, 4.69) is 21.7 Å². The number of ether oxygens (including phenoxy) is 1. The van der Waals surface area contributed by atoms with Crippen molar-refractivity contribution in [1.29, 1.82) is 0 Å². The van der Waals surface area contributed by atoms with Crippen LogP contribution in [0.3, 0.4) is 0 Å². The first-order valence-corrected chi connectivity index (χ1v) is 8.90. The van der Waals surface area contributed by atoms with Crippen molar-refractivity contribution in [2.75, 3.05) is 7.11 Å². The van der Waals surface area contributed by atoms with E-state index in [0.717, 1.165) is 39.2 Å². The molecule has 1 heterocycles. The van der Waals surface area contributed by atoms with Crippen molar-refractivity contribution >= 4 is 11.0 Å². The minimum Gasteiger partial charge on any atom is -0.497 e. The number of fused-ring (bicyclic) bond motifs is 1. The summed E-state index contributed by atoms with van der Waals surface area (Å²) in [4.78, 5) is 4.52. The molecular weight excluding hydrogens is 336 g/mol. The Labute approximate surface area is 158 Å². The molecule has 0 saturated carbocycles. The summed E-state index contributed by atoms with van der Waals surface area (Å²) in [6.45, 7) is 3.58. The van der Waals surface area contributed by atoms with E-state index < -0.39 is 5.60 Å². The third-order valence-electron chi connectivity index (χ3n) is 4.80. The van der Waals surface area contributed by atoms with Gasteiger partial charge in [0, 0.05) is 6.07 Å². The number of benzene rings is 3. The average Bonchev–Trinajstić information content (AvgIpc) is 3.10. The van der Waals surface area contributed by atoms with Crippen LogP contribution >= 0.6 is 0 Å². The zero-order chi connectivity index (χ0) is 19.0. The van der Waals surface area contributed by atoms with Gasteiger partial charge in [0.1, 0.15) is 12.1 Å². The Kier molecular flexibility index (Phi) is 4.21. The molecule has 136 valence electrons. The highest BCUT2D eigenvalue weighted by atomic mass is 16.5. The number of aliphatic hydroxyl groups is 1. The van der Waals surface area contributed by atoms with Crippen LogP contribution in [0.25, 0.3) is 27.8 Å². The Morgan fingerprint density at radius 1 is 0.926 bits per heavy atom. The van der Waals surface area contributed by atoms with Gasteiger partial charge in [-0.25, -0.2) is 4.98 Å². The van der Waals surface area contributed by atoms with Crippen molar-refractivity contribution in [2.24, 2.45) is 0 Å². The van der Waals surface area contributed by atoms with E-state index in [1.54, 1.807) is 21.0 Å². The Bertz CT molecular complexity index is 1090. The minimum atomic E-state index is -0.840. The molecule has 0 saturated heterocycles. The summed E-state index contributed by atoms with van der Waals surface area (Å²) in [6.07, 6.45) is 1.83. The predicted molar refractivity (Wildman–Crippen MR) is 108 cm³/mol. The maximum Gasteiger partial charge on any atom is 0.120 e. The van der Waals surface area contributed by atoms with Crippen LogP contribution in [0.5, 0.6) is 5.75 Å². The van der Waals surface area contributed by atoms with Crippen molar-refractivity contribution in [3.63, 3.8) is 0 Å². The van der Waals surface area contributed by atoms with E-state index in [4.69, 9.17) is 4.74 Å². The third kappa shape index (κ3) is 3.32. The van der Waals surface area contributed by atoms with Crippen LogP contribution in [0.4, 0.5) is 0 Å². The molecule has 0 aliphatic rings. The van der Waals surface area contributed by atoms with Crippen molar-refractivity contribution < 1.29 is 9.84 Å². The Balaban J connectivity index is 1.78. The molecule has 27 heavy (non-hydrogen) atoms. The standard InChI is InChI=1S/C23H22N2O2/c1-23(2,26)18-10-7-16(8-11-18)17-9-12-21-22(13-17)25(15-24-21)19-5-4-6-20(14-19)27-3/h4-15,26H,1-3H3. The smallest absolute Gasteiger partial charge is 0.120 e. The molecule has 0 atom stereocenters. The second-order valence-corrected chi connectivity index (χ2v) is 7.16. The fourth-order valence-electron chi connectivity index (χ4n) is 3.22. The van der Waals surface area contributed by atoms with E-state index in [0.29, 0.717) is 0 Å². The number of hydrogen-bond donors (Lipinski definition) is 1. The minimum absolute atomic E-state index is 0.813. The number of aromatic nitrogens is 2. The fourth-order valence-corrected chi connectivity index (χ4v) is 3.22. The van der Waals surface area contributed by atoms with Crippen LogP contribution in [-0.4, -0.2) is 21.8 Å².